The molecule has 3 heterocycles. The van der Waals surface area contributed by atoms with Crippen molar-refractivity contribution in [1.82, 2.24) is 14.9 Å². The summed E-state index contributed by atoms with van der Waals surface area (Å²) in [6.07, 6.45) is 3.97. The quantitative estimate of drug-likeness (QED) is 0.793. The number of nitrogens with zero attached hydrogens (tertiary/aromatic N) is 3. The smallest absolute Gasteiger partial charge is 0.138 e. The molecule has 1 N–H and O–H groups in total. The molecule has 1 aromatic carbocycles. The molecule has 1 fully saturated rings. The first-order valence-corrected chi connectivity index (χ1v) is 8.97. The van der Waals surface area contributed by atoms with Crippen molar-refractivity contribution in [1.29, 1.82) is 0 Å². The molecule has 0 unspecified atom stereocenters. The van der Waals surface area contributed by atoms with E-state index in [0.717, 1.165) is 48.5 Å². The highest BCUT2D eigenvalue weighted by atomic mass is 32.1. The van der Waals surface area contributed by atoms with E-state index in [-0.39, 0.29) is 0 Å². The van der Waals surface area contributed by atoms with Crippen molar-refractivity contribution in [2.75, 3.05) is 18.4 Å². The van der Waals surface area contributed by atoms with Gasteiger partial charge >= 0.3 is 0 Å². The van der Waals surface area contributed by atoms with Crippen LogP contribution in [0.4, 0.5) is 5.82 Å². The van der Waals surface area contributed by atoms with Gasteiger partial charge in [-0.15, -0.1) is 11.3 Å². The highest BCUT2D eigenvalue weighted by Crippen LogP contribution is 2.26. The minimum atomic E-state index is 0.500. The summed E-state index contributed by atoms with van der Waals surface area (Å²) in [5.41, 5.74) is 1.40. The molecule has 4 rings (SSSR count). The van der Waals surface area contributed by atoms with Crippen molar-refractivity contribution in [3.63, 3.8) is 0 Å². The second-order valence-electron chi connectivity index (χ2n) is 6.04. The topological polar surface area (TPSA) is 41.0 Å². The van der Waals surface area contributed by atoms with Gasteiger partial charge < -0.3 is 5.32 Å². The third kappa shape index (κ3) is 3.35. The Hall–Kier alpha value is -1.98. The number of hydrogen-bond acceptors (Lipinski definition) is 5. The lowest BCUT2D eigenvalue weighted by Gasteiger charge is -2.32. The van der Waals surface area contributed by atoms with E-state index in [1.165, 1.54) is 5.56 Å². The zero-order valence-electron chi connectivity index (χ0n) is 13.0. The summed E-state index contributed by atoms with van der Waals surface area (Å²) in [6, 6.07) is 13.3. The Balaban J connectivity index is 1.36. The first kappa shape index (κ1) is 14.6. The zero-order valence-corrected chi connectivity index (χ0v) is 13.8. The third-order valence-corrected chi connectivity index (χ3v) is 5.26. The number of likely N-dealkylation sites (tertiary alicyclic amines) is 1. The molecule has 0 radical (unpaired) electrons. The highest BCUT2D eigenvalue weighted by molar-refractivity contribution is 7.16. The SMILES string of the molecule is c1ccc(CN2CCC(Nc3ncnc4sccc34)CC2)cc1. The van der Waals surface area contributed by atoms with Crippen LogP contribution >= 0.6 is 11.3 Å². The molecule has 0 bridgehead atoms. The maximum atomic E-state index is 4.43. The number of anilines is 1. The largest absolute Gasteiger partial charge is 0.367 e. The van der Waals surface area contributed by atoms with E-state index in [9.17, 15) is 0 Å². The number of rotatable bonds is 4. The molecular weight excluding hydrogens is 304 g/mol. The summed E-state index contributed by atoms with van der Waals surface area (Å²) >= 11 is 1.67. The highest BCUT2D eigenvalue weighted by Gasteiger charge is 2.20. The standard InChI is InChI=1S/C18H20N4S/c1-2-4-14(5-3-1)12-22-9-6-15(7-10-22)21-17-16-8-11-23-18(16)20-13-19-17/h1-5,8,11,13,15H,6-7,9-10,12H2,(H,19,20,21). The fourth-order valence-corrected chi connectivity index (χ4v) is 3.91. The van der Waals surface area contributed by atoms with Crippen LogP contribution in [0.1, 0.15) is 18.4 Å². The van der Waals surface area contributed by atoms with Crippen LogP contribution in [-0.4, -0.2) is 34.0 Å². The fraction of sp³-hybridized carbons (Fsp3) is 0.333. The zero-order chi connectivity index (χ0) is 15.5. The van der Waals surface area contributed by atoms with Crippen LogP contribution in [0.2, 0.25) is 0 Å². The number of benzene rings is 1. The van der Waals surface area contributed by atoms with E-state index < -0.39 is 0 Å². The Morgan fingerprint density at radius 1 is 1.09 bits per heavy atom. The molecular formula is C18H20N4S. The van der Waals surface area contributed by atoms with Crippen molar-refractivity contribution in [2.45, 2.75) is 25.4 Å². The van der Waals surface area contributed by atoms with Gasteiger partial charge in [0, 0.05) is 25.7 Å². The molecule has 0 amide bonds. The normalized spacial score (nSPS) is 16.7. The average Bonchev–Trinajstić information content (AvgIpc) is 3.07. The number of fused-ring (bicyclic) bond motifs is 1. The summed E-state index contributed by atoms with van der Waals surface area (Å²) in [7, 11) is 0. The molecule has 1 aliphatic rings. The molecule has 118 valence electrons. The first-order valence-electron chi connectivity index (χ1n) is 8.09. The maximum absolute atomic E-state index is 4.43. The number of piperidine rings is 1. The lowest BCUT2D eigenvalue weighted by molar-refractivity contribution is 0.211. The van der Waals surface area contributed by atoms with Crippen LogP contribution in [0.5, 0.6) is 0 Å². The molecule has 4 nitrogen and oxygen atoms in total. The molecule has 0 spiro atoms. The van der Waals surface area contributed by atoms with Crippen LogP contribution in [0.25, 0.3) is 10.2 Å². The van der Waals surface area contributed by atoms with Crippen LogP contribution in [0.15, 0.2) is 48.1 Å². The molecule has 0 saturated carbocycles. The van der Waals surface area contributed by atoms with E-state index in [4.69, 9.17) is 0 Å². The summed E-state index contributed by atoms with van der Waals surface area (Å²) < 4.78 is 0. The summed E-state index contributed by atoms with van der Waals surface area (Å²) in [5, 5.41) is 6.84. The van der Waals surface area contributed by atoms with Gasteiger partial charge in [0.15, 0.2) is 0 Å². The van der Waals surface area contributed by atoms with E-state index in [2.05, 4.69) is 62.0 Å². The predicted molar refractivity (Wildman–Crippen MR) is 95.8 cm³/mol. The predicted octanol–water partition coefficient (Wildman–Crippen LogP) is 3.77. The lowest BCUT2D eigenvalue weighted by atomic mass is 10.0. The number of aromatic nitrogens is 2. The third-order valence-electron chi connectivity index (χ3n) is 4.44. The Morgan fingerprint density at radius 3 is 2.74 bits per heavy atom. The molecule has 2 aromatic heterocycles. The van der Waals surface area contributed by atoms with E-state index in [1.54, 1.807) is 17.7 Å². The number of nitrogens with one attached hydrogen (secondary N) is 1. The van der Waals surface area contributed by atoms with Gasteiger partial charge in [0.2, 0.25) is 0 Å². The minimum Gasteiger partial charge on any atom is -0.367 e. The van der Waals surface area contributed by atoms with E-state index >= 15 is 0 Å². The number of hydrogen-bond donors (Lipinski definition) is 1. The maximum Gasteiger partial charge on any atom is 0.138 e. The lowest BCUT2D eigenvalue weighted by Crippen LogP contribution is -2.38. The van der Waals surface area contributed by atoms with Gasteiger partial charge in [-0.1, -0.05) is 30.3 Å². The van der Waals surface area contributed by atoms with Gasteiger partial charge in [-0.2, -0.15) is 0 Å². The van der Waals surface area contributed by atoms with Gasteiger partial charge in [0.05, 0.1) is 5.39 Å². The van der Waals surface area contributed by atoms with Gasteiger partial charge in [0.25, 0.3) is 0 Å². The first-order chi connectivity index (χ1) is 11.4. The van der Waals surface area contributed by atoms with Crippen molar-refractivity contribution in [2.24, 2.45) is 0 Å². The summed E-state index contributed by atoms with van der Waals surface area (Å²) in [6.45, 7) is 3.31. The van der Waals surface area contributed by atoms with Crippen LogP contribution in [0, 0.1) is 0 Å². The van der Waals surface area contributed by atoms with Crippen molar-refractivity contribution in [3.05, 3.63) is 53.7 Å². The van der Waals surface area contributed by atoms with Gasteiger partial charge in [-0.05, 0) is 29.9 Å². The van der Waals surface area contributed by atoms with E-state index in [1.807, 2.05) is 0 Å². The van der Waals surface area contributed by atoms with Gasteiger partial charge in [-0.25, -0.2) is 9.97 Å². The van der Waals surface area contributed by atoms with Crippen LogP contribution in [0.3, 0.4) is 0 Å². The summed E-state index contributed by atoms with van der Waals surface area (Å²) in [4.78, 5) is 12.3. The molecule has 3 aromatic rings. The molecule has 0 atom stereocenters. The molecule has 0 aliphatic carbocycles. The minimum absolute atomic E-state index is 0.500. The Labute approximate surface area is 140 Å². The Kier molecular flexibility index (Phi) is 4.22. The molecule has 1 saturated heterocycles. The van der Waals surface area contributed by atoms with Crippen molar-refractivity contribution < 1.29 is 0 Å². The Morgan fingerprint density at radius 2 is 1.91 bits per heavy atom. The van der Waals surface area contributed by atoms with Crippen LogP contribution in [-0.2, 0) is 6.54 Å². The molecule has 23 heavy (non-hydrogen) atoms. The van der Waals surface area contributed by atoms with Gasteiger partial charge in [0.1, 0.15) is 17.0 Å². The van der Waals surface area contributed by atoms with Crippen molar-refractivity contribution in [3.8, 4) is 0 Å². The second kappa shape index (κ2) is 6.64. The molecule has 1 aliphatic heterocycles. The molecule has 5 heteroatoms. The van der Waals surface area contributed by atoms with Gasteiger partial charge in [-0.3, -0.25) is 4.90 Å². The average molecular weight is 324 g/mol. The fourth-order valence-electron chi connectivity index (χ4n) is 3.18. The number of thiophene rings is 1. The Bertz CT molecular complexity index is 763. The van der Waals surface area contributed by atoms with Crippen molar-refractivity contribution >= 4 is 27.4 Å². The second-order valence-corrected chi connectivity index (χ2v) is 6.94. The summed E-state index contributed by atoms with van der Waals surface area (Å²) in [5.74, 6) is 0.984. The van der Waals surface area contributed by atoms with Crippen LogP contribution < -0.4 is 5.32 Å². The van der Waals surface area contributed by atoms with E-state index in [0.29, 0.717) is 6.04 Å². The monoisotopic (exact) mass is 324 g/mol.